The molecule has 2 unspecified atom stereocenters. The van der Waals surface area contributed by atoms with E-state index >= 15 is 0 Å². The molecule has 0 spiro atoms. The highest BCUT2D eigenvalue weighted by atomic mass is 32.2. The lowest BCUT2D eigenvalue weighted by Gasteiger charge is -2.24. The smallest absolute Gasteiger partial charge is 0.158 e. The second-order valence-electron chi connectivity index (χ2n) is 4.56. The fraction of sp³-hybridized carbons (Fsp3) is 0.667. The van der Waals surface area contributed by atoms with E-state index in [2.05, 4.69) is 9.97 Å². The molecule has 1 aliphatic heterocycles. The van der Waals surface area contributed by atoms with Gasteiger partial charge in [0.2, 0.25) is 0 Å². The SMILES string of the molecule is NC1CCCc2nc(C3CSCCO3)ncc21. The van der Waals surface area contributed by atoms with Gasteiger partial charge in [-0.25, -0.2) is 9.97 Å². The Morgan fingerprint density at radius 3 is 3.24 bits per heavy atom. The van der Waals surface area contributed by atoms with Crippen LogP contribution in [0.25, 0.3) is 0 Å². The van der Waals surface area contributed by atoms with Crippen molar-refractivity contribution in [3.63, 3.8) is 0 Å². The van der Waals surface area contributed by atoms with Gasteiger partial charge in [0, 0.05) is 35.0 Å². The number of hydrogen-bond donors (Lipinski definition) is 1. The van der Waals surface area contributed by atoms with Crippen molar-refractivity contribution in [2.45, 2.75) is 31.4 Å². The average Bonchev–Trinajstić information content (AvgIpc) is 2.40. The zero-order valence-electron chi connectivity index (χ0n) is 9.76. The molecule has 0 radical (unpaired) electrons. The predicted octanol–water partition coefficient (Wildman–Crippen LogP) is 1.62. The summed E-state index contributed by atoms with van der Waals surface area (Å²) < 4.78 is 5.70. The second-order valence-corrected chi connectivity index (χ2v) is 5.71. The van der Waals surface area contributed by atoms with Crippen LogP contribution in [0.3, 0.4) is 0 Å². The maximum atomic E-state index is 6.06. The average molecular weight is 251 g/mol. The second kappa shape index (κ2) is 4.92. The van der Waals surface area contributed by atoms with E-state index in [1.54, 1.807) is 0 Å². The van der Waals surface area contributed by atoms with Gasteiger partial charge in [-0.3, -0.25) is 0 Å². The first kappa shape index (κ1) is 11.4. The Morgan fingerprint density at radius 1 is 1.47 bits per heavy atom. The van der Waals surface area contributed by atoms with Crippen LogP contribution in [0.4, 0.5) is 0 Å². The number of nitrogens with zero attached hydrogens (tertiary/aromatic N) is 2. The Bertz CT molecular complexity index is 407. The van der Waals surface area contributed by atoms with Crippen molar-refractivity contribution in [1.29, 1.82) is 0 Å². The molecule has 2 heterocycles. The first-order valence-electron chi connectivity index (χ1n) is 6.15. The Hall–Kier alpha value is -0.650. The summed E-state index contributed by atoms with van der Waals surface area (Å²) in [6.07, 6.45) is 5.18. The van der Waals surface area contributed by atoms with Crippen LogP contribution in [0.1, 0.15) is 42.1 Å². The first-order valence-corrected chi connectivity index (χ1v) is 7.30. The summed E-state index contributed by atoms with van der Waals surface area (Å²) in [5, 5.41) is 0. The van der Waals surface area contributed by atoms with E-state index in [0.29, 0.717) is 0 Å². The summed E-state index contributed by atoms with van der Waals surface area (Å²) in [5.41, 5.74) is 8.32. The van der Waals surface area contributed by atoms with Gasteiger partial charge >= 0.3 is 0 Å². The molecule has 2 aliphatic rings. The van der Waals surface area contributed by atoms with Gasteiger partial charge in [0.1, 0.15) is 6.10 Å². The van der Waals surface area contributed by atoms with Gasteiger partial charge < -0.3 is 10.5 Å². The quantitative estimate of drug-likeness (QED) is 0.821. The maximum Gasteiger partial charge on any atom is 0.158 e. The summed E-state index contributed by atoms with van der Waals surface area (Å²) in [4.78, 5) is 9.09. The summed E-state index contributed by atoms with van der Waals surface area (Å²) in [7, 11) is 0. The molecule has 92 valence electrons. The monoisotopic (exact) mass is 251 g/mol. The minimum atomic E-state index is 0.0669. The highest BCUT2D eigenvalue weighted by Gasteiger charge is 2.23. The van der Waals surface area contributed by atoms with Crippen LogP contribution in [-0.2, 0) is 11.2 Å². The summed E-state index contributed by atoms with van der Waals surface area (Å²) in [6, 6.07) is 0.120. The molecule has 2 atom stereocenters. The molecular formula is C12H17N3OS. The number of rotatable bonds is 1. The molecule has 0 saturated carbocycles. The van der Waals surface area contributed by atoms with Crippen molar-refractivity contribution in [3.05, 3.63) is 23.3 Å². The number of fused-ring (bicyclic) bond motifs is 1. The molecule has 2 N–H and O–H groups in total. The van der Waals surface area contributed by atoms with Crippen LogP contribution in [0, 0.1) is 0 Å². The zero-order valence-corrected chi connectivity index (χ0v) is 10.6. The van der Waals surface area contributed by atoms with E-state index in [0.717, 1.165) is 54.5 Å². The minimum absolute atomic E-state index is 0.0669. The van der Waals surface area contributed by atoms with Crippen LogP contribution >= 0.6 is 11.8 Å². The summed E-state index contributed by atoms with van der Waals surface area (Å²) in [6.45, 7) is 0.801. The number of aryl methyl sites for hydroxylation is 1. The number of nitrogens with two attached hydrogens (primary N) is 1. The van der Waals surface area contributed by atoms with Crippen LogP contribution in [-0.4, -0.2) is 28.1 Å². The molecule has 4 nitrogen and oxygen atoms in total. The van der Waals surface area contributed by atoms with Crippen molar-refractivity contribution in [1.82, 2.24) is 9.97 Å². The molecule has 1 saturated heterocycles. The highest BCUT2D eigenvalue weighted by molar-refractivity contribution is 7.99. The Labute approximate surface area is 105 Å². The predicted molar refractivity (Wildman–Crippen MR) is 67.9 cm³/mol. The van der Waals surface area contributed by atoms with Crippen LogP contribution in [0.5, 0.6) is 0 Å². The van der Waals surface area contributed by atoms with Crippen molar-refractivity contribution in [2.24, 2.45) is 5.73 Å². The van der Waals surface area contributed by atoms with E-state index in [9.17, 15) is 0 Å². The molecule has 5 heteroatoms. The normalized spacial score (nSPS) is 28.8. The Kier molecular flexibility index (Phi) is 3.31. The fourth-order valence-electron chi connectivity index (χ4n) is 2.39. The molecule has 0 bridgehead atoms. The van der Waals surface area contributed by atoms with Crippen LogP contribution in [0.2, 0.25) is 0 Å². The number of thioether (sulfide) groups is 1. The fourth-order valence-corrected chi connectivity index (χ4v) is 3.23. The lowest BCUT2D eigenvalue weighted by molar-refractivity contribution is 0.0691. The minimum Gasteiger partial charge on any atom is -0.368 e. The molecular weight excluding hydrogens is 234 g/mol. The number of hydrogen-bond acceptors (Lipinski definition) is 5. The van der Waals surface area contributed by atoms with Gasteiger partial charge in [0.15, 0.2) is 5.82 Å². The molecule has 17 heavy (non-hydrogen) atoms. The van der Waals surface area contributed by atoms with Gasteiger partial charge in [-0.15, -0.1) is 0 Å². The maximum absolute atomic E-state index is 6.06. The van der Waals surface area contributed by atoms with Crippen molar-refractivity contribution in [2.75, 3.05) is 18.1 Å². The van der Waals surface area contributed by atoms with E-state index in [4.69, 9.17) is 10.5 Å². The highest BCUT2D eigenvalue weighted by Crippen LogP contribution is 2.29. The van der Waals surface area contributed by atoms with Crippen LogP contribution < -0.4 is 5.73 Å². The van der Waals surface area contributed by atoms with Gasteiger partial charge in [0.25, 0.3) is 0 Å². The van der Waals surface area contributed by atoms with Gasteiger partial charge in [-0.05, 0) is 19.3 Å². The standard InChI is InChI=1S/C12H17N3OS/c13-9-2-1-3-10-8(9)6-14-12(15-10)11-7-17-5-4-16-11/h6,9,11H,1-5,7,13H2. The molecule has 0 amide bonds. The summed E-state index contributed by atoms with van der Waals surface area (Å²) >= 11 is 1.91. The van der Waals surface area contributed by atoms with E-state index in [1.165, 1.54) is 0 Å². The topological polar surface area (TPSA) is 61.0 Å². The van der Waals surface area contributed by atoms with Gasteiger partial charge in [-0.1, -0.05) is 0 Å². The van der Waals surface area contributed by atoms with Crippen molar-refractivity contribution >= 4 is 11.8 Å². The lowest BCUT2D eigenvalue weighted by Crippen LogP contribution is -2.23. The van der Waals surface area contributed by atoms with Gasteiger partial charge in [0.05, 0.1) is 6.61 Å². The largest absolute Gasteiger partial charge is 0.368 e. The third-order valence-corrected chi connectivity index (χ3v) is 4.34. The molecule has 1 aliphatic carbocycles. The van der Waals surface area contributed by atoms with Crippen molar-refractivity contribution in [3.8, 4) is 0 Å². The Balaban J connectivity index is 1.86. The molecule has 3 rings (SSSR count). The lowest BCUT2D eigenvalue weighted by atomic mass is 9.93. The van der Waals surface area contributed by atoms with E-state index in [1.807, 2.05) is 18.0 Å². The number of ether oxygens (including phenoxy) is 1. The summed E-state index contributed by atoms with van der Waals surface area (Å²) in [5.74, 6) is 2.88. The molecule has 1 aromatic rings. The molecule has 1 fully saturated rings. The zero-order chi connectivity index (χ0) is 11.7. The first-order chi connectivity index (χ1) is 8.34. The number of aromatic nitrogens is 2. The third kappa shape index (κ3) is 2.32. The molecule has 1 aromatic heterocycles. The Morgan fingerprint density at radius 2 is 2.41 bits per heavy atom. The molecule has 0 aromatic carbocycles. The van der Waals surface area contributed by atoms with E-state index in [-0.39, 0.29) is 12.1 Å². The van der Waals surface area contributed by atoms with Gasteiger partial charge in [-0.2, -0.15) is 11.8 Å². The van der Waals surface area contributed by atoms with Crippen LogP contribution in [0.15, 0.2) is 6.20 Å². The van der Waals surface area contributed by atoms with Crippen molar-refractivity contribution < 1.29 is 4.74 Å². The van der Waals surface area contributed by atoms with E-state index < -0.39 is 0 Å². The third-order valence-electron chi connectivity index (χ3n) is 3.35.